The lowest BCUT2D eigenvalue weighted by Gasteiger charge is -2.02. The van der Waals surface area contributed by atoms with E-state index in [0.29, 0.717) is 0 Å². The minimum absolute atomic E-state index is 0.311. The summed E-state index contributed by atoms with van der Waals surface area (Å²) in [5, 5.41) is 12.0. The van der Waals surface area contributed by atoms with Crippen LogP contribution in [-0.2, 0) is 0 Å². The Morgan fingerprint density at radius 1 is 1.71 bits per heavy atom. The highest BCUT2D eigenvalue weighted by atomic mass is 16.3. The number of rotatable bonds is 2. The monoisotopic (exact) mass is 101 g/mol. The van der Waals surface area contributed by atoms with Crippen LogP contribution in [0.5, 0.6) is 0 Å². The zero-order valence-corrected chi connectivity index (χ0v) is 4.57. The molecule has 1 fully saturated rings. The van der Waals surface area contributed by atoms with Gasteiger partial charge in [0.25, 0.3) is 0 Å². The molecule has 0 saturated heterocycles. The van der Waals surface area contributed by atoms with Crippen LogP contribution in [0.1, 0.15) is 12.8 Å². The van der Waals surface area contributed by atoms with Crippen molar-refractivity contribution in [2.24, 2.45) is 0 Å². The highest BCUT2D eigenvalue weighted by Crippen LogP contribution is 2.33. The van der Waals surface area contributed by atoms with Crippen LogP contribution >= 0.6 is 0 Å². The number of nitrogens with one attached hydrogen (secondary N) is 1. The number of hydrogen-bond acceptors (Lipinski definition) is 2. The van der Waals surface area contributed by atoms with Crippen molar-refractivity contribution >= 4 is 0 Å². The van der Waals surface area contributed by atoms with Gasteiger partial charge >= 0.3 is 0 Å². The minimum atomic E-state index is -0.311. The first kappa shape index (κ1) is 5.06. The Bertz CT molecular complexity index is 68.5. The van der Waals surface area contributed by atoms with Crippen molar-refractivity contribution in [1.29, 1.82) is 0 Å². The summed E-state index contributed by atoms with van der Waals surface area (Å²) in [6.07, 6.45) is 1.96. The van der Waals surface area contributed by atoms with Crippen LogP contribution in [0, 0.1) is 0 Å². The van der Waals surface area contributed by atoms with E-state index in [4.69, 9.17) is 5.11 Å². The Labute approximate surface area is 43.5 Å². The molecule has 0 aliphatic heterocycles. The number of likely N-dealkylation sites (N-methyl/N-ethyl adjacent to an activating group) is 1. The maximum Gasteiger partial charge on any atom is 0.0773 e. The molecule has 0 aromatic rings. The van der Waals surface area contributed by atoms with Crippen LogP contribution < -0.4 is 5.32 Å². The normalized spacial score (nSPS) is 24.9. The van der Waals surface area contributed by atoms with E-state index < -0.39 is 0 Å². The van der Waals surface area contributed by atoms with Gasteiger partial charge < -0.3 is 10.4 Å². The molecule has 0 spiro atoms. The summed E-state index contributed by atoms with van der Waals surface area (Å²) in [6.45, 7) is 0.757. The Morgan fingerprint density at radius 2 is 2.29 bits per heavy atom. The Morgan fingerprint density at radius 3 is 2.43 bits per heavy atom. The summed E-state index contributed by atoms with van der Waals surface area (Å²) in [5.74, 6) is 0. The molecule has 1 aliphatic rings. The molecule has 2 heteroatoms. The third-order valence-electron chi connectivity index (χ3n) is 1.33. The molecular weight excluding hydrogens is 90.1 g/mol. The number of aliphatic hydroxyl groups is 1. The van der Waals surface area contributed by atoms with E-state index >= 15 is 0 Å². The fourth-order valence-electron chi connectivity index (χ4n) is 0.650. The summed E-state index contributed by atoms with van der Waals surface area (Å²) in [5.41, 5.74) is -0.311. The quantitative estimate of drug-likeness (QED) is 0.502. The fourth-order valence-corrected chi connectivity index (χ4v) is 0.650. The Balaban J connectivity index is 2.13. The highest BCUT2D eigenvalue weighted by Gasteiger charge is 2.39. The molecular formula is C5H11NO. The van der Waals surface area contributed by atoms with Crippen molar-refractivity contribution in [2.75, 3.05) is 13.6 Å². The lowest BCUT2D eigenvalue weighted by atomic mass is 10.3. The summed E-state index contributed by atoms with van der Waals surface area (Å²) in [7, 11) is 1.86. The Hall–Kier alpha value is -0.0800. The molecule has 1 aliphatic carbocycles. The van der Waals surface area contributed by atoms with E-state index in [-0.39, 0.29) is 5.60 Å². The first-order chi connectivity index (χ1) is 3.27. The molecule has 42 valence electrons. The molecule has 2 nitrogen and oxygen atoms in total. The Kier molecular flexibility index (Phi) is 1.05. The molecule has 0 unspecified atom stereocenters. The average molecular weight is 101 g/mol. The minimum Gasteiger partial charge on any atom is -0.389 e. The summed E-state index contributed by atoms with van der Waals surface area (Å²) in [6, 6.07) is 0. The molecule has 1 saturated carbocycles. The summed E-state index contributed by atoms with van der Waals surface area (Å²) >= 11 is 0. The van der Waals surface area contributed by atoms with E-state index in [1.807, 2.05) is 7.05 Å². The molecule has 0 aromatic carbocycles. The van der Waals surface area contributed by atoms with Gasteiger partial charge in [0.2, 0.25) is 0 Å². The van der Waals surface area contributed by atoms with Crippen molar-refractivity contribution < 1.29 is 5.11 Å². The van der Waals surface area contributed by atoms with Gasteiger partial charge in [-0.15, -0.1) is 0 Å². The topological polar surface area (TPSA) is 32.3 Å². The van der Waals surface area contributed by atoms with Crippen LogP contribution in [0.15, 0.2) is 0 Å². The van der Waals surface area contributed by atoms with Gasteiger partial charge in [0.1, 0.15) is 0 Å². The van der Waals surface area contributed by atoms with Crippen LogP contribution in [0.4, 0.5) is 0 Å². The first-order valence-electron chi connectivity index (χ1n) is 2.64. The predicted octanol–water partition coefficient (Wildman–Crippen LogP) is -0.269. The molecule has 0 amide bonds. The molecule has 7 heavy (non-hydrogen) atoms. The maximum atomic E-state index is 9.07. The van der Waals surface area contributed by atoms with E-state index in [1.54, 1.807) is 0 Å². The van der Waals surface area contributed by atoms with Gasteiger partial charge in [0.05, 0.1) is 5.60 Å². The molecule has 0 heterocycles. The van der Waals surface area contributed by atoms with E-state index in [1.165, 1.54) is 0 Å². The van der Waals surface area contributed by atoms with Gasteiger partial charge in [-0.2, -0.15) is 0 Å². The zero-order valence-electron chi connectivity index (χ0n) is 4.57. The fraction of sp³-hybridized carbons (Fsp3) is 1.00. The van der Waals surface area contributed by atoms with Gasteiger partial charge in [-0.3, -0.25) is 0 Å². The largest absolute Gasteiger partial charge is 0.389 e. The first-order valence-corrected chi connectivity index (χ1v) is 2.64. The number of hydrogen-bond donors (Lipinski definition) is 2. The van der Waals surface area contributed by atoms with Crippen molar-refractivity contribution in [1.82, 2.24) is 5.32 Å². The molecule has 0 aromatic heterocycles. The van der Waals surface area contributed by atoms with Crippen molar-refractivity contribution in [3.63, 3.8) is 0 Å². The van der Waals surface area contributed by atoms with Crippen molar-refractivity contribution in [3.8, 4) is 0 Å². The van der Waals surface area contributed by atoms with E-state index in [9.17, 15) is 0 Å². The second kappa shape index (κ2) is 1.46. The van der Waals surface area contributed by atoms with E-state index in [0.717, 1.165) is 19.4 Å². The second-order valence-corrected chi connectivity index (χ2v) is 2.25. The van der Waals surface area contributed by atoms with Crippen molar-refractivity contribution in [2.45, 2.75) is 18.4 Å². The van der Waals surface area contributed by atoms with Crippen LogP contribution in [0.3, 0.4) is 0 Å². The molecule has 0 bridgehead atoms. The third kappa shape index (κ3) is 1.14. The lowest BCUT2D eigenvalue weighted by molar-refractivity contribution is 0.151. The van der Waals surface area contributed by atoms with Gasteiger partial charge in [-0.25, -0.2) is 0 Å². The van der Waals surface area contributed by atoms with E-state index in [2.05, 4.69) is 5.32 Å². The highest BCUT2D eigenvalue weighted by molar-refractivity contribution is 4.94. The zero-order chi connectivity index (χ0) is 5.33. The lowest BCUT2D eigenvalue weighted by Crippen LogP contribution is -2.24. The summed E-state index contributed by atoms with van der Waals surface area (Å²) < 4.78 is 0. The summed E-state index contributed by atoms with van der Waals surface area (Å²) in [4.78, 5) is 0. The van der Waals surface area contributed by atoms with Crippen LogP contribution in [0.2, 0.25) is 0 Å². The van der Waals surface area contributed by atoms with Gasteiger partial charge in [0.15, 0.2) is 0 Å². The van der Waals surface area contributed by atoms with Crippen LogP contribution in [0.25, 0.3) is 0 Å². The van der Waals surface area contributed by atoms with Crippen LogP contribution in [-0.4, -0.2) is 24.3 Å². The molecule has 2 N–H and O–H groups in total. The molecule has 1 rings (SSSR count). The SMILES string of the molecule is CNCC1(O)CC1. The average Bonchev–Trinajstić information content (AvgIpc) is 2.22. The third-order valence-corrected chi connectivity index (χ3v) is 1.33. The smallest absolute Gasteiger partial charge is 0.0773 e. The van der Waals surface area contributed by atoms with Gasteiger partial charge in [-0.05, 0) is 19.9 Å². The van der Waals surface area contributed by atoms with Gasteiger partial charge in [-0.1, -0.05) is 0 Å². The predicted molar refractivity (Wildman–Crippen MR) is 28.1 cm³/mol. The maximum absolute atomic E-state index is 9.07. The van der Waals surface area contributed by atoms with Crippen molar-refractivity contribution in [3.05, 3.63) is 0 Å². The standard InChI is InChI=1S/C5H11NO/c1-6-4-5(7)2-3-5/h6-7H,2-4H2,1H3. The van der Waals surface area contributed by atoms with Gasteiger partial charge in [0, 0.05) is 6.54 Å². The molecule has 0 radical (unpaired) electrons. The molecule has 0 atom stereocenters. The second-order valence-electron chi connectivity index (χ2n) is 2.25.